The molecule has 0 radical (unpaired) electrons. The summed E-state index contributed by atoms with van der Waals surface area (Å²) in [6.07, 6.45) is 4.74. The second kappa shape index (κ2) is 6.46. The standard InChI is InChI=1S/C20H27N3O2/c1-3-9-22-10-5-7-14-15-6-4-8-17-20(15)16(11-18(14)22)13(2)23(17)21-19(25)12-24/h4,6,8,14,18,24H,3,5,7,9-12H2,1-2H3,(H,21,25)/t14-,18-/m1/s1. The van der Waals surface area contributed by atoms with Crippen molar-refractivity contribution in [2.45, 2.75) is 51.5 Å². The lowest BCUT2D eigenvalue weighted by Crippen LogP contribution is -2.47. The Morgan fingerprint density at radius 1 is 1.40 bits per heavy atom. The summed E-state index contributed by atoms with van der Waals surface area (Å²) in [4.78, 5) is 14.4. The number of aliphatic hydroxyl groups excluding tert-OH is 1. The highest BCUT2D eigenvalue weighted by molar-refractivity contribution is 5.93. The van der Waals surface area contributed by atoms with E-state index in [1.807, 2.05) is 4.68 Å². The Labute approximate surface area is 148 Å². The van der Waals surface area contributed by atoms with Crippen molar-refractivity contribution in [1.82, 2.24) is 9.58 Å². The molecule has 25 heavy (non-hydrogen) atoms. The molecule has 1 aliphatic heterocycles. The van der Waals surface area contributed by atoms with E-state index in [1.165, 1.54) is 42.3 Å². The van der Waals surface area contributed by atoms with Crippen molar-refractivity contribution in [2.24, 2.45) is 0 Å². The molecule has 2 aliphatic rings. The number of carbonyl (C=O) groups is 1. The zero-order chi connectivity index (χ0) is 17.6. The molecule has 0 bridgehead atoms. The number of fused-ring (bicyclic) bond motifs is 2. The van der Waals surface area contributed by atoms with Gasteiger partial charge in [-0.05, 0) is 62.9 Å². The largest absolute Gasteiger partial charge is 0.386 e. The fourth-order valence-electron chi connectivity index (χ4n) is 4.97. The lowest BCUT2D eigenvalue weighted by molar-refractivity contribution is -0.119. The highest BCUT2D eigenvalue weighted by atomic mass is 16.3. The molecule has 2 heterocycles. The Bertz CT molecular complexity index is 809. The molecule has 4 rings (SSSR count). The van der Waals surface area contributed by atoms with Gasteiger partial charge in [-0.15, -0.1) is 0 Å². The van der Waals surface area contributed by atoms with Gasteiger partial charge in [0.2, 0.25) is 0 Å². The van der Waals surface area contributed by atoms with E-state index >= 15 is 0 Å². The van der Waals surface area contributed by atoms with E-state index < -0.39 is 6.61 Å². The molecule has 0 spiro atoms. The van der Waals surface area contributed by atoms with Gasteiger partial charge in [-0.3, -0.25) is 19.8 Å². The fourth-order valence-corrected chi connectivity index (χ4v) is 4.97. The third-order valence-electron chi connectivity index (χ3n) is 5.99. The molecule has 5 nitrogen and oxygen atoms in total. The van der Waals surface area contributed by atoms with Crippen LogP contribution in [0.3, 0.4) is 0 Å². The molecule has 0 unspecified atom stereocenters. The number of amides is 1. The Morgan fingerprint density at radius 2 is 2.24 bits per heavy atom. The van der Waals surface area contributed by atoms with E-state index in [2.05, 4.69) is 42.4 Å². The van der Waals surface area contributed by atoms with Gasteiger partial charge >= 0.3 is 0 Å². The summed E-state index contributed by atoms with van der Waals surface area (Å²) in [5.74, 6) is 0.210. The quantitative estimate of drug-likeness (QED) is 0.898. The second-order valence-electron chi connectivity index (χ2n) is 7.39. The van der Waals surface area contributed by atoms with Crippen LogP contribution >= 0.6 is 0 Å². The normalized spacial score (nSPS) is 22.8. The van der Waals surface area contributed by atoms with Crippen molar-refractivity contribution in [3.8, 4) is 0 Å². The molecule has 134 valence electrons. The van der Waals surface area contributed by atoms with Crippen LogP contribution in [0.25, 0.3) is 10.9 Å². The number of piperidine rings is 1. The van der Waals surface area contributed by atoms with Crippen molar-refractivity contribution >= 4 is 16.8 Å². The average Bonchev–Trinajstić information content (AvgIpc) is 2.90. The number of nitrogens with one attached hydrogen (secondary N) is 1. The highest BCUT2D eigenvalue weighted by Gasteiger charge is 2.38. The predicted molar refractivity (Wildman–Crippen MR) is 99.5 cm³/mol. The summed E-state index contributed by atoms with van der Waals surface area (Å²) in [5.41, 5.74) is 7.78. The molecule has 5 heteroatoms. The number of aromatic nitrogens is 1. The van der Waals surface area contributed by atoms with Crippen LogP contribution in [0.1, 0.15) is 48.9 Å². The zero-order valence-electron chi connectivity index (χ0n) is 15.1. The lowest BCUT2D eigenvalue weighted by Gasteiger charge is -2.44. The maximum Gasteiger partial charge on any atom is 0.264 e. The van der Waals surface area contributed by atoms with Gasteiger partial charge in [0.25, 0.3) is 5.91 Å². The van der Waals surface area contributed by atoms with E-state index in [9.17, 15) is 4.79 Å². The van der Waals surface area contributed by atoms with Gasteiger partial charge in [-0.2, -0.15) is 0 Å². The monoisotopic (exact) mass is 341 g/mol. The molecular formula is C20H27N3O2. The second-order valence-corrected chi connectivity index (χ2v) is 7.39. The van der Waals surface area contributed by atoms with Crippen molar-refractivity contribution in [3.63, 3.8) is 0 Å². The van der Waals surface area contributed by atoms with Crippen LogP contribution < -0.4 is 5.43 Å². The lowest BCUT2D eigenvalue weighted by atomic mass is 9.74. The van der Waals surface area contributed by atoms with Gasteiger partial charge in [0.15, 0.2) is 0 Å². The van der Waals surface area contributed by atoms with Crippen molar-refractivity contribution in [2.75, 3.05) is 25.1 Å². The molecule has 1 saturated heterocycles. The topological polar surface area (TPSA) is 57.5 Å². The third kappa shape index (κ3) is 2.57. The highest BCUT2D eigenvalue weighted by Crippen LogP contribution is 2.45. The van der Waals surface area contributed by atoms with Crippen LogP contribution in [0, 0.1) is 6.92 Å². The predicted octanol–water partition coefficient (Wildman–Crippen LogP) is 2.53. The third-order valence-corrected chi connectivity index (χ3v) is 5.99. The number of carbonyl (C=O) groups excluding carboxylic acids is 1. The van der Waals surface area contributed by atoms with Gasteiger partial charge in [0, 0.05) is 23.0 Å². The van der Waals surface area contributed by atoms with Crippen LogP contribution in [-0.2, 0) is 11.2 Å². The Kier molecular flexibility index (Phi) is 4.29. The van der Waals surface area contributed by atoms with Gasteiger partial charge in [0.05, 0.1) is 5.52 Å². The minimum absolute atomic E-state index is 0.374. The SMILES string of the molecule is CCCN1CCC[C@@H]2c3cccc4c3c(c(C)n4NC(=O)CO)C[C@H]21. The first-order valence-corrected chi connectivity index (χ1v) is 9.43. The number of aliphatic hydroxyl groups is 1. The van der Waals surface area contributed by atoms with Gasteiger partial charge in [0.1, 0.15) is 6.61 Å². The van der Waals surface area contributed by atoms with Gasteiger partial charge < -0.3 is 5.11 Å². The van der Waals surface area contributed by atoms with Gasteiger partial charge in [-0.1, -0.05) is 19.1 Å². The fraction of sp³-hybridized carbons (Fsp3) is 0.550. The van der Waals surface area contributed by atoms with Crippen LogP contribution in [0.5, 0.6) is 0 Å². The molecule has 2 aromatic rings. The van der Waals surface area contributed by atoms with Crippen LogP contribution in [-0.4, -0.2) is 46.3 Å². The Balaban J connectivity index is 1.84. The Morgan fingerprint density at radius 3 is 3.00 bits per heavy atom. The minimum atomic E-state index is -0.496. The van der Waals surface area contributed by atoms with Crippen molar-refractivity contribution in [3.05, 3.63) is 35.0 Å². The average molecular weight is 341 g/mol. The molecule has 2 N–H and O–H groups in total. The van der Waals surface area contributed by atoms with E-state index in [0.29, 0.717) is 12.0 Å². The van der Waals surface area contributed by atoms with Crippen LogP contribution in [0.15, 0.2) is 18.2 Å². The molecular weight excluding hydrogens is 314 g/mol. The van der Waals surface area contributed by atoms with Crippen molar-refractivity contribution < 1.29 is 9.90 Å². The summed E-state index contributed by atoms with van der Waals surface area (Å²) < 4.78 is 1.87. The zero-order valence-corrected chi connectivity index (χ0v) is 15.1. The summed E-state index contributed by atoms with van der Waals surface area (Å²) in [6, 6.07) is 7.01. The van der Waals surface area contributed by atoms with Crippen LogP contribution in [0.4, 0.5) is 0 Å². The van der Waals surface area contributed by atoms with E-state index in [0.717, 1.165) is 24.2 Å². The number of rotatable bonds is 4. The van der Waals surface area contributed by atoms with E-state index in [1.54, 1.807) is 0 Å². The number of likely N-dealkylation sites (tertiary alicyclic amines) is 1. The number of benzene rings is 1. The number of hydrogen-bond donors (Lipinski definition) is 2. The molecule has 1 fully saturated rings. The summed E-state index contributed by atoms with van der Waals surface area (Å²) in [7, 11) is 0. The van der Waals surface area contributed by atoms with Gasteiger partial charge in [-0.25, -0.2) is 0 Å². The first-order valence-electron chi connectivity index (χ1n) is 9.43. The number of nitrogens with zero attached hydrogens (tertiary/aromatic N) is 2. The molecule has 1 aromatic heterocycles. The van der Waals surface area contributed by atoms with Crippen molar-refractivity contribution in [1.29, 1.82) is 0 Å². The molecule has 1 aromatic carbocycles. The smallest absolute Gasteiger partial charge is 0.264 e. The first kappa shape index (κ1) is 16.6. The maximum absolute atomic E-state index is 11.8. The molecule has 1 aliphatic carbocycles. The van der Waals surface area contributed by atoms with E-state index in [-0.39, 0.29) is 5.91 Å². The molecule has 1 amide bonds. The number of hydrogen-bond acceptors (Lipinski definition) is 3. The molecule has 0 saturated carbocycles. The maximum atomic E-state index is 11.8. The minimum Gasteiger partial charge on any atom is -0.386 e. The summed E-state index contributed by atoms with van der Waals surface area (Å²) in [5, 5.41) is 10.4. The summed E-state index contributed by atoms with van der Waals surface area (Å²) in [6.45, 7) is 6.19. The van der Waals surface area contributed by atoms with Crippen LogP contribution in [0.2, 0.25) is 0 Å². The summed E-state index contributed by atoms with van der Waals surface area (Å²) >= 11 is 0. The van der Waals surface area contributed by atoms with E-state index in [4.69, 9.17) is 5.11 Å². The molecule has 2 atom stereocenters. The first-order chi connectivity index (χ1) is 12.2. The Hall–Kier alpha value is -1.85.